The maximum absolute atomic E-state index is 11.8. The van der Waals surface area contributed by atoms with Crippen LogP contribution in [-0.2, 0) is 21.2 Å². The molecule has 0 bridgehead atoms. The minimum atomic E-state index is -3.51. The molecule has 1 heterocycles. The second kappa shape index (κ2) is 5.93. The van der Waals surface area contributed by atoms with Gasteiger partial charge in [-0.3, -0.25) is 4.79 Å². The van der Waals surface area contributed by atoms with Crippen molar-refractivity contribution in [2.45, 2.75) is 19.8 Å². The number of nitrogens with zero attached hydrogens (tertiary/aromatic N) is 1. The number of hydrogen-bond donors (Lipinski definition) is 1. The fraction of sp³-hybridized carbons (Fsp3) is 0.500. The van der Waals surface area contributed by atoms with Gasteiger partial charge in [-0.2, -0.15) is 0 Å². The van der Waals surface area contributed by atoms with Gasteiger partial charge in [0, 0.05) is 25.4 Å². The molecule has 1 amide bonds. The summed E-state index contributed by atoms with van der Waals surface area (Å²) in [5, 5.41) is 5.03. The molecular weight excluding hydrogens is 276 g/mol. The van der Waals surface area contributed by atoms with Gasteiger partial charge in [0.25, 0.3) is 0 Å². The van der Waals surface area contributed by atoms with E-state index < -0.39 is 10.0 Å². The molecule has 2 N–H and O–H groups in total. The number of sulfonamides is 1. The molecule has 1 saturated heterocycles. The quantitative estimate of drug-likeness (QED) is 0.867. The van der Waals surface area contributed by atoms with E-state index >= 15 is 0 Å². The lowest BCUT2D eigenvalue weighted by Crippen LogP contribution is -2.29. The highest BCUT2D eigenvalue weighted by atomic mass is 32.2. The van der Waals surface area contributed by atoms with Crippen LogP contribution >= 0.6 is 0 Å². The molecular formula is C14H20N2O3S. The third-order valence-electron chi connectivity index (χ3n) is 3.52. The van der Waals surface area contributed by atoms with Crippen molar-refractivity contribution >= 4 is 15.9 Å². The van der Waals surface area contributed by atoms with Crippen LogP contribution in [0.3, 0.4) is 0 Å². The second-order valence-corrected chi connectivity index (χ2v) is 7.14. The van der Waals surface area contributed by atoms with Crippen LogP contribution in [0, 0.1) is 12.8 Å². The largest absolute Gasteiger partial charge is 0.342 e. The molecule has 6 heteroatoms. The first-order chi connectivity index (χ1) is 9.33. The molecule has 0 aliphatic carbocycles. The van der Waals surface area contributed by atoms with Gasteiger partial charge in [-0.15, -0.1) is 0 Å². The van der Waals surface area contributed by atoms with E-state index in [1.807, 2.05) is 25.1 Å². The number of primary sulfonamides is 1. The Balaban J connectivity index is 1.89. The number of carbonyl (C=O) groups is 1. The number of benzene rings is 1. The topological polar surface area (TPSA) is 80.5 Å². The zero-order valence-corrected chi connectivity index (χ0v) is 12.4. The summed E-state index contributed by atoms with van der Waals surface area (Å²) in [6, 6.07) is 8.17. The van der Waals surface area contributed by atoms with E-state index in [0.29, 0.717) is 13.1 Å². The summed E-state index contributed by atoms with van der Waals surface area (Å²) < 4.78 is 22.1. The van der Waals surface area contributed by atoms with E-state index in [2.05, 4.69) is 6.07 Å². The van der Waals surface area contributed by atoms with Crippen LogP contribution in [0.5, 0.6) is 0 Å². The van der Waals surface area contributed by atoms with E-state index in [0.717, 1.165) is 6.42 Å². The molecule has 1 aromatic rings. The van der Waals surface area contributed by atoms with Crippen LogP contribution in [0.1, 0.15) is 17.5 Å². The van der Waals surface area contributed by atoms with Gasteiger partial charge in [0.15, 0.2) is 0 Å². The number of nitrogens with two attached hydrogens (primary N) is 1. The van der Waals surface area contributed by atoms with Gasteiger partial charge in [-0.25, -0.2) is 13.6 Å². The van der Waals surface area contributed by atoms with Gasteiger partial charge in [0.05, 0.1) is 5.75 Å². The van der Waals surface area contributed by atoms with Gasteiger partial charge in [-0.05, 0) is 18.9 Å². The van der Waals surface area contributed by atoms with E-state index in [4.69, 9.17) is 5.14 Å². The summed E-state index contributed by atoms with van der Waals surface area (Å²) in [5.41, 5.74) is 2.38. The van der Waals surface area contributed by atoms with Crippen LogP contribution in [0.4, 0.5) is 0 Å². The first kappa shape index (κ1) is 15.0. The minimum absolute atomic E-state index is 0.0197. The zero-order chi connectivity index (χ0) is 14.8. The third-order valence-corrected chi connectivity index (χ3v) is 4.45. The Hall–Kier alpha value is -1.40. The molecule has 0 saturated carbocycles. The Morgan fingerprint density at radius 3 is 2.80 bits per heavy atom. The van der Waals surface area contributed by atoms with Crippen LogP contribution in [0.25, 0.3) is 0 Å². The smallest absolute Gasteiger partial charge is 0.222 e. The van der Waals surface area contributed by atoms with Gasteiger partial charge in [-0.1, -0.05) is 29.8 Å². The highest BCUT2D eigenvalue weighted by Crippen LogP contribution is 2.19. The van der Waals surface area contributed by atoms with Crippen molar-refractivity contribution in [2.75, 3.05) is 18.8 Å². The molecule has 0 aromatic heterocycles. The number of hydrogen-bond acceptors (Lipinski definition) is 3. The summed E-state index contributed by atoms with van der Waals surface area (Å²) in [5.74, 6) is -0.263. The van der Waals surface area contributed by atoms with Crippen molar-refractivity contribution in [1.82, 2.24) is 4.90 Å². The Labute approximate surface area is 119 Å². The Morgan fingerprint density at radius 1 is 1.40 bits per heavy atom. The third kappa shape index (κ3) is 4.31. The van der Waals surface area contributed by atoms with Crippen molar-refractivity contribution < 1.29 is 13.2 Å². The van der Waals surface area contributed by atoms with E-state index in [1.54, 1.807) is 4.90 Å². The lowest BCUT2D eigenvalue weighted by molar-refractivity contribution is -0.127. The van der Waals surface area contributed by atoms with Crippen molar-refractivity contribution in [3.05, 3.63) is 35.4 Å². The van der Waals surface area contributed by atoms with E-state index in [1.165, 1.54) is 11.1 Å². The van der Waals surface area contributed by atoms with Gasteiger partial charge in [0.1, 0.15) is 0 Å². The fourth-order valence-corrected chi connectivity index (χ4v) is 3.52. The Bertz CT molecular complexity index is 598. The van der Waals surface area contributed by atoms with Crippen molar-refractivity contribution in [3.63, 3.8) is 0 Å². The summed E-state index contributed by atoms with van der Waals surface area (Å²) in [6.07, 6.45) is 1.07. The molecule has 2 rings (SSSR count). The van der Waals surface area contributed by atoms with Crippen molar-refractivity contribution in [3.8, 4) is 0 Å². The summed E-state index contributed by atoms with van der Waals surface area (Å²) in [6.45, 7) is 3.15. The van der Waals surface area contributed by atoms with Crippen LogP contribution < -0.4 is 5.14 Å². The molecule has 1 aromatic carbocycles. The molecule has 1 aliphatic heterocycles. The number of likely N-dealkylation sites (tertiary alicyclic amines) is 1. The van der Waals surface area contributed by atoms with Gasteiger partial charge < -0.3 is 4.90 Å². The molecule has 5 nitrogen and oxygen atoms in total. The number of amides is 1. The molecule has 1 atom stereocenters. The fourth-order valence-electron chi connectivity index (χ4n) is 2.64. The average Bonchev–Trinajstić information content (AvgIpc) is 2.64. The zero-order valence-electron chi connectivity index (χ0n) is 11.6. The summed E-state index contributed by atoms with van der Waals surface area (Å²) >= 11 is 0. The molecule has 1 fully saturated rings. The first-order valence-electron chi connectivity index (χ1n) is 6.67. The predicted molar refractivity (Wildman–Crippen MR) is 77.5 cm³/mol. The SMILES string of the molecule is Cc1cccc(CCN2CC(CS(N)(=O)=O)CC2=O)c1. The first-order valence-corrected chi connectivity index (χ1v) is 8.39. The van der Waals surface area contributed by atoms with E-state index in [-0.39, 0.29) is 24.0 Å². The highest BCUT2D eigenvalue weighted by molar-refractivity contribution is 7.89. The predicted octanol–water partition coefficient (Wildman–Crippen LogP) is 0.675. The maximum Gasteiger partial charge on any atom is 0.222 e. The summed E-state index contributed by atoms with van der Waals surface area (Å²) in [7, 11) is -3.51. The monoisotopic (exact) mass is 296 g/mol. The van der Waals surface area contributed by atoms with Crippen LogP contribution in [0.2, 0.25) is 0 Å². The molecule has 0 spiro atoms. The lowest BCUT2D eigenvalue weighted by atomic mass is 10.1. The molecule has 1 aliphatic rings. The maximum atomic E-state index is 11.8. The van der Waals surface area contributed by atoms with Crippen molar-refractivity contribution in [2.24, 2.45) is 11.1 Å². The summed E-state index contributed by atoms with van der Waals surface area (Å²) in [4.78, 5) is 13.6. The van der Waals surface area contributed by atoms with Crippen molar-refractivity contribution in [1.29, 1.82) is 0 Å². The average molecular weight is 296 g/mol. The lowest BCUT2D eigenvalue weighted by Gasteiger charge is -2.16. The van der Waals surface area contributed by atoms with Crippen LogP contribution in [0.15, 0.2) is 24.3 Å². The number of rotatable bonds is 5. The highest BCUT2D eigenvalue weighted by Gasteiger charge is 2.31. The van der Waals surface area contributed by atoms with E-state index in [9.17, 15) is 13.2 Å². The number of carbonyl (C=O) groups excluding carboxylic acids is 1. The molecule has 110 valence electrons. The molecule has 1 unspecified atom stereocenters. The standard InChI is InChI=1S/C14H20N2O3S/c1-11-3-2-4-12(7-11)5-6-16-9-13(8-14(16)17)10-20(15,18)19/h2-4,7,13H,5-6,8-10H2,1H3,(H2,15,18,19). The minimum Gasteiger partial charge on any atom is -0.342 e. The Kier molecular flexibility index (Phi) is 4.45. The molecule has 20 heavy (non-hydrogen) atoms. The van der Waals surface area contributed by atoms with Gasteiger partial charge in [0.2, 0.25) is 15.9 Å². The van der Waals surface area contributed by atoms with Gasteiger partial charge >= 0.3 is 0 Å². The van der Waals surface area contributed by atoms with Crippen LogP contribution in [-0.4, -0.2) is 38.1 Å². The normalized spacial score (nSPS) is 19.6. The number of aryl methyl sites for hydroxylation is 1. The second-order valence-electron chi connectivity index (χ2n) is 5.48. The Morgan fingerprint density at radius 2 is 2.15 bits per heavy atom. The molecule has 0 radical (unpaired) electrons.